The van der Waals surface area contributed by atoms with Crippen LogP contribution >= 0.6 is 0 Å². The fourth-order valence-corrected chi connectivity index (χ4v) is 6.19. The van der Waals surface area contributed by atoms with E-state index in [1.165, 1.54) is 20.8 Å². The molecule has 0 aromatic carbocycles. The Morgan fingerprint density at radius 3 is 2.26 bits per heavy atom. The topological polar surface area (TPSA) is 142 Å². The summed E-state index contributed by atoms with van der Waals surface area (Å²) in [7, 11) is -4.36. The summed E-state index contributed by atoms with van der Waals surface area (Å²) in [5, 5.41) is 4.95. The van der Waals surface area contributed by atoms with Crippen LogP contribution in [-0.2, 0) is 29.0 Å². The maximum Gasteiger partial charge on any atom is 0.471 e. The molecule has 1 aliphatic carbocycles. The number of hydrogen-bond donors (Lipinski definition) is 3. The summed E-state index contributed by atoms with van der Waals surface area (Å²) in [5.74, 6) is -11.0. The highest BCUT2D eigenvalue weighted by atomic mass is 32.2. The number of alkyl halides is 5. The van der Waals surface area contributed by atoms with Crippen LogP contribution in [0.2, 0.25) is 0 Å². The van der Waals surface area contributed by atoms with Gasteiger partial charge in [0.15, 0.2) is 0 Å². The van der Waals surface area contributed by atoms with Gasteiger partial charge in [-0.3, -0.25) is 19.2 Å². The summed E-state index contributed by atoms with van der Waals surface area (Å²) in [6, 6.07) is -4.87. The number of halogens is 6. The molecular formula is C25H34F6N4O6S. The second kappa shape index (κ2) is 11.7. The molecule has 6 atom stereocenters. The number of fused-ring (bicyclic) bond motifs is 1. The van der Waals surface area contributed by atoms with Crippen molar-refractivity contribution in [1.82, 2.24) is 20.9 Å². The second-order valence-corrected chi connectivity index (χ2v) is 14.2. The standard InChI is InChI=1S/C25H34F6N4O6S/c1-23(2,3)18(34-22(39)25(29,30)31)21(38)35-11-13-9-24(27,28)10-15(13)17(35)20(37)33-14(8-16(26)42(4,40)41)7-12-5-6-32-19(12)36/h8,12-15,17-18H,5-7,9-11H2,1-4H3,(H,32,36)(H,33,37)(H,34,39)/b16-8+/t12-,13+,14-,15+,17-,18+/m1/s1. The Labute approximate surface area is 238 Å². The van der Waals surface area contributed by atoms with E-state index in [0.29, 0.717) is 12.3 Å². The Bertz CT molecular complexity index is 1250. The zero-order valence-corrected chi connectivity index (χ0v) is 24.2. The Hall–Kier alpha value is -2.85. The lowest BCUT2D eigenvalue weighted by molar-refractivity contribution is -0.176. The Balaban J connectivity index is 1.97. The molecule has 0 bridgehead atoms. The maximum absolute atomic E-state index is 14.5. The van der Waals surface area contributed by atoms with Gasteiger partial charge in [-0.05, 0) is 36.2 Å². The first-order valence-electron chi connectivity index (χ1n) is 13.2. The molecule has 10 nitrogen and oxygen atoms in total. The number of sulfone groups is 1. The van der Waals surface area contributed by atoms with Gasteiger partial charge >= 0.3 is 12.1 Å². The first-order valence-corrected chi connectivity index (χ1v) is 15.1. The minimum Gasteiger partial charge on any atom is -0.356 e. The summed E-state index contributed by atoms with van der Waals surface area (Å²) in [4.78, 5) is 52.0. The molecule has 1 saturated carbocycles. The SMILES string of the molecule is CC(C)(C)[C@@H](NC(=O)C(F)(F)F)C(=O)N1C[C@@H]2CC(F)(F)C[C@@H]2[C@@H]1C(=O)N[C@@H](/C=C(\F)S(C)(=O)=O)C[C@H]1CCNC1=O. The molecule has 2 saturated heterocycles. The summed E-state index contributed by atoms with van der Waals surface area (Å²) in [6.07, 6.45) is -5.67. The Kier molecular flexibility index (Phi) is 9.36. The molecule has 3 N–H and O–H groups in total. The van der Waals surface area contributed by atoms with E-state index in [-0.39, 0.29) is 19.4 Å². The van der Waals surface area contributed by atoms with E-state index in [1.54, 1.807) is 5.32 Å². The van der Waals surface area contributed by atoms with Crippen LogP contribution in [0.4, 0.5) is 26.3 Å². The van der Waals surface area contributed by atoms with E-state index in [2.05, 4.69) is 10.6 Å². The fraction of sp³-hybridized carbons (Fsp3) is 0.760. The van der Waals surface area contributed by atoms with Gasteiger partial charge in [0.05, 0.1) is 6.04 Å². The Morgan fingerprint density at radius 1 is 1.14 bits per heavy atom. The summed E-state index contributed by atoms with van der Waals surface area (Å²) >= 11 is 0. The van der Waals surface area contributed by atoms with E-state index in [0.717, 1.165) is 4.90 Å². The number of amides is 4. The molecule has 2 heterocycles. The van der Waals surface area contributed by atoms with Crippen LogP contribution in [-0.4, -0.2) is 86.5 Å². The lowest BCUT2D eigenvalue weighted by Gasteiger charge is -2.37. The van der Waals surface area contributed by atoms with Gasteiger partial charge in [0, 0.05) is 38.1 Å². The predicted octanol–water partition coefficient (Wildman–Crippen LogP) is 1.82. The molecule has 2 aliphatic heterocycles. The highest BCUT2D eigenvalue weighted by molar-refractivity contribution is 7.94. The zero-order valence-electron chi connectivity index (χ0n) is 23.4. The summed E-state index contributed by atoms with van der Waals surface area (Å²) < 4.78 is 106. The normalized spacial score (nSPS) is 27.7. The van der Waals surface area contributed by atoms with Crippen molar-refractivity contribution in [2.24, 2.45) is 23.2 Å². The zero-order chi connectivity index (χ0) is 32.0. The van der Waals surface area contributed by atoms with Gasteiger partial charge in [0.25, 0.3) is 0 Å². The third-order valence-electron chi connectivity index (χ3n) is 7.79. The molecule has 42 heavy (non-hydrogen) atoms. The summed E-state index contributed by atoms with van der Waals surface area (Å²) in [5.41, 5.74) is -1.31. The van der Waals surface area contributed by atoms with E-state index in [9.17, 15) is 53.9 Å². The van der Waals surface area contributed by atoms with Crippen LogP contribution in [0.5, 0.6) is 0 Å². The molecule has 238 valence electrons. The molecule has 0 radical (unpaired) electrons. The lowest BCUT2D eigenvalue weighted by atomic mass is 9.85. The molecule has 0 aromatic heterocycles. The smallest absolute Gasteiger partial charge is 0.356 e. The van der Waals surface area contributed by atoms with E-state index >= 15 is 0 Å². The van der Waals surface area contributed by atoms with Crippen molar-refractivity contribution in [2.45, 2.75) is 76.7 Å². The Morgan fingerprint density at radius 2 is 1.76 bits per heavy atom. The van der Waals surface area contributed by atoms with Crippen molar-refractivity contribution in [3.63, 3.8) is 0 Å². The van der Waals surface area contributed by atoms with Crippen LogP contribution in [0.15, 0.2) is 11.2 Å². The van der Waals surface area contributed by atoms with Crippen LogP contribution in [0, 0.1) is 23.2 Å². The predicted molar refractivity (Wildman–Crippen MR) is 136 cm³/mol. The van der Waals surface area contributed by atoms with Crippen molar-refractivity contribution >= 4 is 33.5 Å². The average Bonchev–Trinajstić information content (AvgIpc) is 3.45. The number of carbonyl (C=O) groups is 4. The minimum atomic E-state index is -5.33. The van der Waals surface area contributed by atoms with E-state index in [4.69, 9.17) is 0 Å². The number of nitrogens with one attached hydrogen (secondary N) is 3. The van der Waals surface area contributed by atoms with Crippen molar-refractivity contribution in [3.8, 4) is 0 Å². The number of carbonyl (C=O) groups excluding carboxylic acids is 4. The van der Waals surface area contributed by atoms with Gasteiger partial charge in [-0.1, -0.05) is 20.8 Å². The largest absolute Gasteiger partial charge is 0.471 e. The van der Waals surface area contributed by atoms with Crippen LogP contribution in [0.25, 0.3) is 0 Å². The number of rotatable bonds is 8. The fourth-order valence-electron chi connectivity index (χ4n) is 5.78. The monoisotopic (exact) mass is 632 g/mol. The van der Waals surface area contributed by atoms with Crippen molar-refractivity contribution < 1.29 is 53.9 Å². The average molecular weight is 633 g/mol. The second-order valence-electron chi connectivity index (χ2n) is 12.3. The molecule has 3 rings (SSSR count). The highest BCUT2D eigenvalue weighted by Gasteiger charge is 2.59. The lowest BCUT2D eigenvalue weighted by Crippen LogP contribution is -2.60. The maximum atomic E-state index is 14.5. The van der Waals surface area contributed by atoms with Crippen LogP contribution in [0.3, 0.4) is 0 Å². The summed E-state index contributed by atoms with van der Waals surface area (Å²) in [6.45, 7) is 3.97. The van der Waals surface area contributed by atoms with Gasteiger partial charge in [-0.15, -0.1) is 0 Å². The van der Waals surface area contributed by atoms with Gasteiger partial charge < -0.3 is 20.9 Å². The van der Waals surface area contributed by atoms with Crippen LogP contribution in [0.1, 0.15) is 46.5 Å². The van der Waals surface area contributed by atoms with Crippen molar-refractivity contribution in [2.75, 3.05) is 19.3 Å². The van der Waals surface area contributed by atoms with E-state index < -0.39 is 111 Å². The number of hydrogen-bond acceptors (Lipinski definition) is 6. The van der Waals surface area contributed by atoms with Crippen molar-refractivity contribution in [1.29, 1.82) is 0 Å². The van der Waals surface area contributed by atoms with Gasteiger partial charge in [-0.25, -0.2) is 17.2 Å². The molecule has 0 unspecified atom stereocenters. The molecule has 0 aromatic rings. The third kappa shape index (κ3) is 7.75. The first kappa shape index (κ1) is 33.6. The molecule has 0 spiro atoms. The third-order valence-corrected chi connectivity index (χ3v) is 8.63. The molecule has 4 amide bonds. The number of likely N-dealkylation sites (tertiary alicyclic amines) is 1. The quantitative estimate of drug-likeness (QED) is 0.349. The first-order chi connectivity index (χ1) is 19.0. The molecule has 3 aliphatic rings. The number of nitrogens with zero attached hydrogens (tertiary/aromatic N) is 1. The highest BCUT2D eigenvalue weighted by Crippen LogP contribution is 2.50. The van der Waals surface area contributed by atoms with Crippen molar-refractivity contribution in [3.05, 3.63) is 11.2 Å². The van der Waals surface area contributed by atoms with Crippen LogP contribution < -0.4 is 16.0 Å². The van der Waals surface area contributed by atoms with Gasteiger partial charge in [-0.2, -0.15) is 17.6 Å². The van der Waals surface area contributed by atoms with E-state index in [1.807, 2.05) is 0 Å². The van der Waals surface area contributed by atoms with Gasteiger partial charge in [0.1, 0.15) is 12.1 Å². The molecule has 3 fully saturated rings. The minimum absolute atomic E-state index is 0.252. The molecular weight excluding hydrogens is 598 g/mol. The molecule has 17 heteroatoms. The van der Waals surface area contributed by atoms with Gasteiger partial charge in [0.2, 0.25) is 38.6 Å².